The second-order valence-electron chi connectivity index (χ2n) is 5.46. The van der Waals surface area contributed by atoms with Gasteiger partial charge in [0.15, 0.2) is 0 Å². The van der Waals surface area contributed by atoms with Gasteiger partial charge in [0.2, 0.25) is 0 Å². The molecule has 1 aliphatic carbocycles. The first-order valence-electron chi connectivity index (χ1n) is 6.76. The number of fused-ring (bicyclic) bond motifs is 1. The molecule has 3 rings (SSSR count). The maximum Gasteiger partial charge on any atom is 0.257 e. The van der Waals surface area contributed by atoms with Crippen LogP contribution in [0, 0.1) is 11.8 Å². The summed E-state index contributed by atoms with van der Waals surface area (Å²) in [6.07, 6.45) is 5.78. The number of nitrogens with zero attached hydrogens (tertiary/aromatic N) is 3. The third-order valence-electron chi connectivity index (χ3n) is 4.40. The molecule has 18 heavy (non-hydrogen) atoms. The first-order chi connectivity index (χ1) is 8.69. The summed E-state index contributed by atoms with van der Waals surface area (Å²) in [4.78, 5) is 14.3. The van der Waals surface area contributed by atoms with E-state index >= 15 is 0 Å². The predicted octanol–water partition coefficient (Wildman–Crippen LogP) is 0.712. The van der Waals surface area contributed by atoms with Gasteiger partial charge in [-0.25, -0.2) is 0 Å². The molecule has 0 spiro atoms. The Kier molecular flexibility index (Phi) is 2.86. The van der Waals surface area contributed by atoms with Crippen molar-refractivity contribution in [3.8, 4) is 0 Å². The zero-order valence-corrected chi connectivity index (χ0v) is 10.7. The van der Waals surface area contributed by atoms with Crippen LogP contribution in [0.3, 0.4) is 0 Å². The second kappa shape index (κ2) is 4.39. The Morgan fingerprint density at radius 2 is 2.33 bits per heavy atom. The van der Waals surface area contributed by atoms with E-state index in [1.807, 2.05) is 18.0 Å². The zero-order valence-electron chi connectivity index (χ0n) is 10.7. The van der Waals surface area contributed by atoms with E-state index in [2.05, 4.69) is 5.10 Å². The van der Waals surface area contributed by atoms with E-state index in [9.17, 15) is 4.79 Å². The molecule has 1 amide bonds. The number of aryl methyl sites for hydroxylation is 1. The average Bonchev–Trinajstić information content (AvgIpc) is 3.06. The van der Waals surface area contributed by atoms with Crippen LogP contribution in [0.1, 0.15) is 30.1 Å². The first-order valence-corrected chi connectivity index (χ1v) is 6.76. The number of nitrogens with two attached hydrogens (primary N) is 1. The molecule has 0 bridgehead atoms. The van der Waals surface area contributed by atoms with E-state index in [0.29, 0.717) is 17.4 Å². The average molecular weight is 248 g/mol. The molecule has 0 unspecified atom stereocenters. The number of hydrogen-bond donors (Lipinski definition) is 1. The summed E-state index contributed by atoms with van der Waals surface area (Å²) in [7, 11) is 0. The Morgan fingerprint density at radius 3 is 3.00 bits per heavy atom. The Balaban J connectivity index is 1.71. The molecule has 1 saturated carbocycles. The van der Waals surface area contributed by atoms with Gasteiger partial charge in [0.25, 0.3) is 5.91 Å². The maximum absolute atomic E-state index is 12.3. The fourth-order valence-corrected chi connectivity index (χ4v) is 3.30. The number of carbonyl (C=O) groups excluding carboxylic acids is 1. The normalized spacial score (nSPS) is 30.8. The number of hydrogen-bond acceptors (Lipinski definition) is 3. The van der Waals surface area contributed by atoms with Gasteiger partial charge in [-0.1, -0.05) is 0 Å². The number of rotatable bonds is 2. The summed E-state index contributed by atoms with van der Waals surface area (Å²) in [6, 6.07) is 0.283. The molecule has 1 aromatic heterocycles. The van der Waals surface area contributed by atoms with Crippen LogP contribution in [0.25, 0.3) is 0 Å². The third kappa shape index (κ3) is 1.82. The van der Waals surface area contributed by atoms with Gasteiger partial charge in [0.05, 0.1) is 11.8 Å². The van der Waals surface area contributed by atoms with Crippen molar-refractivity contribution in [2.75, 3.05) is 13.1 Å². The number of aromatic nitrogens is 2. The van der Waals surface area contributed by atoms with Crippen molar-refractivity contribution in [1.82, 2.24) is 14.7 Å². The van der Waals surface area contributed by atoms with Gasteiger partial charge in [-0.2, -0.15) is 5.10 Å². The van der Waals surface area contributed by atoms with Gasteiger partial charge >= 0.3 is 0 Å². The van der Waals surface area contributed by atoms with Crippen LogP contribution in [0.4, 0.5) is 0 Å². The molecule has 3 atom stereocenters. The molecule has 2 aliphatic rings. The van der Waals surface area contributed by atoms with Gasteiger partial charge in [0.1, 0.15) is 0 Å². The van der Waals surface area contributed by atoms with Gasteiger partial charge < -0.3 is 10.6 Å². The molecule has 0 radical (unpaired) electrons. The zero-order chi connectivity index (χ0) is 12.7. The Morgan fingerprint density at radius 1 is 1.50 bits per heavy atom. The summed E-state index contributed by atoms with van der Waals surface area (Å²) in [5.74, 6) is 1.23. The van der Waals surface area contributed by atoms with Crippen LogP contribution in [-0.2, 0) is 6.54 Å². The van der Waals surface area contributed by atoms with Gasteiger partial charge in [-0.3, -0.25) is 9.48 Å². The van der Waals surface area contributed by atoms with Crippen molar-refractivity contribution in [2.24, 2.45) is 17.6 Å². The van der Waals surface area contributed by atoms with Crippen molar-refractivity contribution in [2.45, 2.75) is 32.4 Å². The van der Waals surface area contributed by atoms with E-state index in [0.717, 1.165) is 26.1 Å². The lowest BCUT2D eigenvalue weighted by Crippen LogP contribution is -2.33. The summed E-state index contributed by atoms with van der Waals surface area (Å²) in [5.41, 5.74) is 6.79. The third-order valence-corrected chi connectivity index (χ3v) is 4.40. The standard InChI is InChI=1S/C13H20N4O/c1-2-17-7-10(5-15-17)13(18)16-6-9-3-4-12(14)11(9)8-16/h5,7,9,11-12H,2-4,6,8,14H2,1H3/t9-,11-,12-/m0/s1. The number of carbonyl (C=O) groups is 1. The van der Waals surface area contributed by atoms with Crippen LogP contribution in [0.15, 0.2) is 12.4 Å². The molecule has 5 heteroatoms. The minimum absolute atomic E-state index is 0.108. The summed E-state index contributed by atoms with van der Waals surface area (Å²) >= 11 is 0. The molecule has 1 aliphatic heterocycles. The van der Waals surface area contributed by atoms with Crippen molar-refractivity contribution in [1.29, 1.82) is 0 Å². The second-order valence-corrected chi connectivity index (χ2v) is 5.46. The Labute approximate surface area is 107 Å². The predicted molar refractivity (Wildman–Crippen MR) is 68.0 cm³/mol. The fourth-order valence-electron chi connectivity index (χ4n) is 3.30. The van der Waals surface area contributed by atoms with Gasteiger partial charge in [-0.15, -0.1) is 0 Å². The van der Waals surface area contributed by atoms with E-state index in [1.165, 1.54) is 6.42 Å². The summed E-state index contributed by atoms with van der Waals surface area (Å²) < 4.78 is 1.79. The summed E-state index contributed by atoms with van der Waals surface area (Å²) in [6.45, 7) is 4.50. The molecule has 2 heterocycles. The van der Waals surface area contributed by atoms with Crippen LogP contribution in [0.5, 0.6) is 0 Å². The fraction of sp³-hybridized carbons (Fsp3) is 0.692. The van der Waals surface area contributed by atoms with E-state index in [1.54, 1.807) is 10.9 Å². The van der Waals surface area contributed by atoms with Crippen LogP contribution in [-0.4, -0.2) is 39.7 Å². The van der Waals surface area contributed by atoms with Crippen LogP contribution >= 0.6 is 0 Å². The van der Waals surface area contributed by atoms with Crippen molar-refractivity contribution in [3.05, 3.63) is 18.0 Å². The smallest absolute Gasteiger partial charge is 0.257 e. The molecular weight excluding hydrogens is 228 g/mol. The minimum Gasteiger partial charge on any atom is -0.338 e. The van der Waals surface area contributed by atoms with E-state index in [4.69, 9.17) is 5.73 Å². The lowest BCUT2D eigenvalue weighted by molar-refractivity contribution is 0.0779. The quantitative estimate of drug-likeness (QED) is 0.838. The van der Waals surface area contributed by atoms with Crippen molar-refractivity contribution >= 4 is 5.91 Å². The molecule has 2 N–H and O–H groups in total. The van der Waals surface area contributed by atoms with Crippen molar-refractivity contribution in [3.63, 3.8) is 0 Å². The lowest BCUT2D eigenvalue weighted by Gasteiger charge is -2.17. The lowest BCUT2D eigenvalue weighted by atomic mass is 9.98. The Bertz CT molecular complexity index is 456. The molecule has 1 saturated heterocycles. The molecule has 5 nitrogen and oxygen atoms in total. The number of likely N-dealkylation sites (tertiary alicyclic amines) is 1. The number of amides is 1. The van der Waals surface area contributed by atoms with Crippen LogP contribution in [0.2, 0.25) is 0 Å². The minimum atomic E-state index is 0.108. The molecule has 98 valence electrons. The molecule has 0 aromatic carbocycles. The maximum atomic E-state index is 12.3. The van der Waals surface area contributed by atoms with E-state index in [-0.39, 0.29) is 11.9 Å². The largest absolute Gasteiger partial charge is 0.338 e. The molecule has 2 fully saturated rings. The Hall–Kier alpha value is -1.36. The topological polar surface area (TPSA) is 64.2 Å². The highest BCUT2D eigenvalue weighted by molar-refractivity contribution is 5.94. The highest BCUT2D eigenvalue weighted by atomic mass is 16.2. The van der Waals surface area contributed by atoms with Crippen molar-refractivity contribution < 1.29 is 4.79 Å². The SMILES string of the molecule is CCn1cc(C(=O)N2C[C@@H]3CC[C@H](N)[C@H]3C2)cn1. The van der Waals surface area contributed by atoms with Gasteiger partial charge in [-0.05, 0) is 31.6 Å². The highest BCUT2D eigenvalue weighted by Gasteiger charge is 2.42. The van der Waals surface area contributed by atoms with E-state index < -0.39 is 0 Å². The molecular formula is C13H20N4O. The highest BCUT2D eigenvalue weighted by Crippen LogP contribution is 2.37. The van der Waals surface area contributed by atoms with Gasteiger partial charge in [0, 0.05) is 31.9 Å². The van der Waals surface area contributed by atoms with Crippen LogP contribution < -0.4 is 5.73 Å². The molecule has 1 aromatic rings. The summed E-state index contributed by atoms with van der Waals surface area (Å²) in [5, 5.41) is 4.16. The first kappa shape index (κ1) is 11.7. The monoisotopic (exact) mass is 248 g/mol.